The Bertz CT molecular complexity index is 157. The Balaban J connectivity index is 4.01. The van der Waals surface area contributed by atoms with E-state index in [1.54, 1.807) is 0 Å². The molecule has 0 aromatic carbocycles. The van der Waals surface area contributed by atoms with E-state index in [0.29, 0.717) is 0 Å². The van der Waals surface area contributed by atoms with Crippen molar-refractivity contribution in [1.29, 1.82) is 0 Å². The molecule has 0 radical (unpaired) electrons. The lowest BCUT2D eigenvalue weighted by molar-refractivity contribution is -0.121. The molecule has 0 unspecified atom stereocenters. The molecule has 0 aromatic rings. The molecule has 56 valence electrons. The van der Waals surface area contributed by atoms with Crippen LogP contribution in [0.25, 0.3) is 0 Å². The lowest BCUT2D eigenvalue weighted by Gasteiger charge is -2.03. The average Bonchev–Trinajstić information content (AvgIpc) is 1.91. The van der Waals surface area contributed by atoms with Crippen LogP contribution in [0.4, 0.5) is 0 Å². The van der Waals surface area contributed by atoms with E-state index >= 15 is 0 Å². The lowest BCUT2D eigenvalue weighted by Crippen LogP contribution is -2.08. The third-order valence-corrected chi connectivity index (χ3v) is 1.58. The molecular weight excluding hydrogens is 146 g/mol. The summed E-state index contributed by atoms with van der Waals surface area (Å²) >= 11 is 4.31. The minimum atomic E-state index is -0.139. The first-order valence-electron chi connectivity index (χ1n) is 3.37. The van der Waals surface area contributed by atoms with E-state index in [9.17, 15) is 4.79 Å². The number of nitrogens with zero attached hydrogens (tertiary/aromatic N) is 1. The Morgan fingerprint density at radius 1 is 1.60 bits per heavy atom. The maximum atomic E-state index is 10.9. The Kier molecular flexibility index (Phi) is 4.99. The van der Waals surface area contributed by atoms with Gasteiger partial charge < -0.3 is 0 Å². The number of amides is 1. The third-order valence-electron chi connectivity index (χ3n) is 1.49. The highest BCUT2D eigenvalue weighted by molar-refractivity contribution is 7.78. The number of hydrogen-bond donors (Lipinski definition) is 0. The Hall–Kier alpha value is -0.530. The number of thiocarbonyl (C=S) groups is 1. The van der Waals surface area contributed by atoms with Crippen molar-refractivity contribution >= 4 is 23.3 Å². The first-order chi connectivity index (χ1) is 4.76. The molecule has 10 heavy (non-hydrogen) atoms. The standard InChI is InChI=1S/C7H11NOS/c1-3-6(4-2)7(9)8-5-10/h6H,3-4H2,1-2H3. The summed E-state index contributed by atoms with van der Waals surface area (Å²) in [4.78, 5) is 14.3. The van der Waals surface area contributed by atoms with Crippen LogP contribution in [-0.2, 0) is 4.79 Å². The van der Waals surface area contributed by atoms with Gasteiger partial charge in [0, 0.05) is 5.92 Å². The second kappa shape index (κ2) is 5.27. The summed E-state index contributed by atoms with van der Waals surface area (Å²) in [6, 6.07) is 0. The van der Waals surface area contributed by atoms with Crippen LogP contribution >= 0.6 is 12.2 Å². The van der Waals surface area contributed by atoms with Crippen LogP contribution in [0.15, 0.2) is 4.99 Å². The minimum absolute atomic E-state index is 0.0375. The fourth-order valence-electron chi connectivity index (χ4n) is 0.774. The van der Waals surface area contributed by atoms with Crippen molar-refractivity contribution in [3.05, 3.63) is 0 Å². The zero-order valence-electron chi connectivity index (χ0n) is 6.26. The highest BCUT2D eigenvalue weighted by Gasteiger charge is 2.11. The first-order valence-corrected chi connectivity index (χ1v) is 3.78. The third kappa shape index (κ3) is 2.85. The van der Waals surface area contributed by atoms with E-state index in [2.05, 4.69) is 22.4 Å². The smallest absolute Gasteiger partial charge is 0.257 e. The minimum Gasteiger partial charge on any atom is -0.272 e. The number of carbonyl (C=O) groups excluding carboxylic acids is 1. The van der Waals surface area contributed by atoms with Gasteiger partial charge in [-0.3, -0.25) is 4.79 Å². The van der Waals surface area contributed by atoms with Crippen molar-refractivity contribution in [2.45, 2.75) is 26.7 Å². The van der Waals surface area contributed by atoms with Gasteiger partial charge in [0.05, 0.1) is 5.16 Å². The summed E-state index contributed by atoms with van der Waals surface area (Å²) in [6.45, 7) is 3.93. The van der Waals surface area contributed by atoms with Crippen molar-refractivity contribution in [1.82, 2.24) is 0 Å². The van der Waals surface area contributed by atoms with Gasteiger partial charge in [-0.15, -0.1) is 0 Å². The van der Waals surface area contributed by atoms with Gasteiger partial charge in [0.15, 0.2) is 0 Å². The largest absolute Gasteiger partial charge is 0.272 e. The summed E-state index contributed by atoms with van der Waals surface area (Å²) in [5, 5.41) is 2.08. The summed E-state index contributed by atoms with van der Waals surface area (Å²) in [7, 11) is 0. The molecule has 1 amide bonds. The molecule has 0 aromatic heterocycles. The van der Waals surface area contributed by atoms with Crippen LogP contribution in [0.5, 0.6) is 0 Å². The highest BCUT2D eigenvalue weighted by atomic mass is 32.1. The predicted octanol–water partition coefficient (Wildman–Crippen LogP) is 2.05. The van der Waals surface area contributed by atoms with E-state index in [1.165, 1.54) is 0 Å². The highest BCUT2D eigenvalue weighted by Crippen LogP contribution is 2.08. The number of rotatable bonds is 3. The number of aliphatic imine (C=N–C) groups is 1. The molecule has 0 fully saturated rings. The summed E-state index contributed by atoms with van der Waals surface area (Å²) in [5.74, 6) is -0.101. The van der Waals surface area contributed by atoms with Crippen LogP contribution in [-0.4, -0.2) is 11.1 Å². The van der Waals surface area contributed by atoms with Gasteiger partial charge in [0.1, 0.15) is 0 Å². The molecule has 0 rings (SSSR count). The molecule has 3 heteroatoms. The van der Waals surface area contributed by atoms with Crippen molar-refractivity contribution in [2.75, 3.05) is 0 Å². The maximum Gasteiger partial charge on any atom is 0.257 e. The molecule has 0 atom stereocenters. The molecule has 0 aliphatic rings. The molecule has 0 aliphatic carbocycles. The van der Waals surface area contributed by atoms with Gasteiger partial charge >= 0.3 is 0 Å². The summed E-state index contributed by atoms with van der Waals surface area (Å²) in [5.41, 5.74) is 0. The summed E-state index contributed by atoms with van der Waals surface area (Å²) in [6.07, 6.45) is 1.66. The quantitative estimate of drug-likeness (QED) is 0.463. The van der Waals surface area contributed by atoms with Gasteiger partial charge in [-0.1, -0.05) is 13.8 Å². The first kappa shape index (κ1) is 9.47. The number of hydrogen-bond acceptors (Lipinski definition) is 2. The van der Waals surface area contributed by atoms with Crippen LogP contribution in [0, 0.1) is 5.92 Å². The molecule has 2 nitrogen and oxygen atoms in total. The molecule has 0 bridgehead atoms. The molecule has 0 heterocycles. The van der Waals surface area contributed by atoms with E-state index in [4.69, 9.17) is 0 Å². The van der Waals surface area contributed by atoms with Crippen molar-refractivity contribution in [3.8, 4) is 0 Å². The fourth-order valence-corrected chi connectivity index (χ4v) is 0.864. The molecule has 0 N–H and O–H groups in total. The Morgan fingerprint density at radius 3 is 2.40 bits per heavy atom. The van der Waals surface area contributed by atoms with Gasteiger partial charge in [-0.2, -0.15) is 4.99 Å². The monoisotopic (exact) mass is 157 g/mol. The van der Waals surface area contributed by atoms with Crippen LogP contribution in [0.2, 0.25) is 0 Å². The molecule has 0 aliphatic heterocycles. The van der Waals surface area contributed by atoms with Crippen molar-refractivity contribution in [2.24, 2.45) is 10.9 Å². The van der Waals surface area contributed by atoms with E-state index in [1.807, 2.05) is 13.8 Å². The van der Waals surface area contributed by atoms with E-state index in [-0.39, 0.29) is 11.8 Å². The maximum absolute atomic E-state index is 10.9. The zero-order chi connectivity index (χ0) is 7.98. The predicted molar refractivity (Wildman–Crippen MR) is 44.1 cm³/mol. The zero-order valence-corrected chi connectivity index (χ0v) is 7.07. The Morgan fingerprint density at radius 2 is 2.10 bits per heavy atom. The van der Waals surface area contributed by atoms with E-state index in [0.717, 1.165) is 12.8 Å². The molecule has 0 saturated heterocycles. The average molecular weight is 157 g/mol. The molecule has 0 saturated carbocycles. The Labute approximate surface area is 66.3 Å². The van der Waals surface area contributed by atoms with Crippen LogP contribution in [0.1, 0.15) is 26.7 Å². The second-order valence-corrected chi connectivity index (χ2v) is 2.24. The van der Waals surface area contributed by atoms with Crippen LogP contribution in [0.3, 0.4) is 0 Å². The van der Waals surface area contributed by atoms with E-state index < -0.39 is 0 Å². The molecular formula is C7H11NOS. The van der Waals surface area contributed by atoms with Crippen molar-refractivity contribution in [3.63, 3.8) is 0 Å². The number of isothiocyanates is 1. The summed E-state index contributed by atoms with van der Waals surface area (Å²) < 4.78 is 0. The van der Waals surface area contributed by atoms with Crippen LogP contribution < -0.4 is 0 Å². The topological polar surface area (TPSA) is 29.4 Å². The van der Waals surface area contributed by atoms with Crippen molar-refractivity contribution < 1.29 is 4.79 Å². The normalized spacial score (nSPS) is 9.10. The van der Waals surface area contributed by atoms with Gasteiger partial charge in [-0.05, 0) is 25.1 Å². The fraction of sp³-hybridized carbons (Fsp3) is 0.714. The lowest BCUT2D eigenvalue weighted by atomic mass is 10.0. The SMILES string of the molecule is CCC(CC)C(=O)N=C=S. The van der Waals surface area contributed by atoms with Gasteiger partial charge in [0.25, 0.3) is 5.91 Å². The van der Waals surface area contributed by atoms with Gasteiger partial charge in [0.2, 0.25) is 0 Å². The van der Waals surface area contributed by atoms with Gasteiger partial charge in [-0.25, -0.2) is 0 Å². The number of carbonyl (C=O) groups is 1. The molecule has 0 spiro atoms. The second-order valence-electron chi connectivity index (χ2n) is 2.05.